The van der Waals surface area contributed by atoms with Gasteiger partial charge in [0.15, 0.2) is 0 Å². The SMILES string of the molecule is CC1CCC(N[C@H](CO)Cc2ccccc2)C1. The summed E-state index contributed by atoms with van der Waals surface area (Å²) in [5.74, 6) is 0.837. The summed E-state index contributed by atoms with van der Waals surface area (Å²) in [4.78, 5) is 0. The third kappa shape index (κ3) is 3.83. The zero-order chi connectivity index (χ0) is 12.1. The van der Waals surface area contributed by atoms with Gasteiger partial charge in [0, 0.05) is 12.1 Å². The first-order chi connectivity index (χ1) is 8.28. The van der Waals surface area contributed by atoms with E-state index in [1.807, 2.05) is 6.07 Å². The first-order valence-corrected chi connectivity index (χ1v) is 6.68. The van der Waals surface area contributed by atoms with Crippen LogP contribution in [-0.2, 0) is 6.42 Å². The van der Waals surface area contributed by atoms with E-state index in [4.69, 9.17) is 0 Å². The van der Waals surface area contributed by atoms with Gasteiger partial charge in [0.2, 0.25) is 0 Å². The van der Waals surface area contributed by atoms with Crippen LogP contribution in [0.2, 0.25) is 0 Å². The van der Waals surface area contributed by atoms with Gasteiger partial charge in [-0.3, -0.25) is 0 Å². The molecule has 0 amide bonds. The summed E-state index contributed by atoms with van der Waals surface area (Å²) >= 11 is 0. The minimum Gasteiger partial charge on any atom is -0.395 e. The average Bonchev–Trinajstić information content (AvgIpc) is 2.75. The van der Waals surface area contributed by atoms with Gasteiger partial charge in [-0.05, 0) is 37.2 Å². The number of aliphatic hydroxyl groups is 1. The molecule has 1 aromatic carbocycles. The lowest BCUT2D eigenvalue weighted by molar-refractivity contribution is 0.229. The number of benzene rings is 1. The molecular weight excluding hydrogens is 210 g/mol. The number of hydrogen-bond donors (Lipinski definition) is 2. The van der Waals surface area contributed by atoms with E-state index in [-0.39, 0.29) is 12.6 Å². The molecule has 3 atom stereocenters. The van der Waals surface area contributed by atoms with E-state index >= 15 is 0 Å². The van der Waals surface area contributed by atoms with Gasteiger partial charge in [0.05, 0.1) is 6.61 Å². The molecule has 1 aromatic rings. The fourth-order valence-corrected chi connectivity index (χ4v) is 2.77. The van der Waals surface area contributed by atoms with Crippen LogP contribution in [0.3, 0.4) is 0 Å². The summed E-state index contributed by atoms with van der Waals surface area (Å²) in [5, 5.41) is 13.0. The van der Waals surface area contributed by atoms with Gasteiger partial charge < -0.3 is 10.4 Å². The Bertz CT molecular complexity index is 325. The number of hydrogen-bond acceptors (Lipinski definition) is 2. The van der Waals surface area contributed by atoms with Crippen molar-refractivity contribution >= 4 is 0 Å². The quantitative estimate of drug-likeness (QED) is 0.818. The van der Waals surface area contributed by atoms with Crippen LogP contribution >= 0.6 is 0 Å². The third-order valence-electron chi connectivity index (χ3n) is 3.71. The molecule has 1 aliphatic carbocycles. The maximum Gasteiger partial charge on any atom is 0.0587 e. The Morgan fingerprint density at radius 1 is 1.29 bits per heavy atom. The minimum absolute atomic E-state index is 0.202. The van der Waals surface area contributed by atoms with Crippen molar-refractivity contribution in [2.45, 2.75) is 44.7 Å². The molecule has 1 fully saturated rings. The molecule has 0 aliphatic heterocycles. The highest BCUT2D eigenvalue weighted by Crippen LogP contribution is 2.25. The van der Waals surface area contributed by atoms with Crippen LogP contribution < -0.4 is 5.32 Å². The van der Waals surface area contributed by atoms with Crippen molar-refractivity contribution in [2.24, 2.45) is 5.92 Å². The van der Waals surface area contributed by atoms with Gasteiger partial charge in [-0.25, -0.2) is 0 Å². The van der Waals surface area contributed by atoms with Crippen LogP contribution in [0.1, 0.15) is 31.7 Å². The monoisotopic (exact) mass is 233 g/mol. The summed E-state index contributed by atoms with van der Waals surface area (Å²) < 4.78 is 0. The normalized spacial score (nSPS) is 26.0. The molecule has 17 heavy (non-hydrogen) atoms. The average molecular weight is 233 g/mol. The molecule has 2 heteroatoms. The Balaban J connectivity index is 1.85. The molecule has 2 rings (SSSR count). The largest absolute Gasteiger partial charge is 0.395 e. The van der Waals surface area contributed by atoms with Crippen LogP contribution in [0.5, 0.6) is 0 Å². The van der Waals surface area contributed by atoms with Gasteiger partial charge in [-0.2, -0.15) is 0 Å². The Kier molecular flexibility index (Phi) is 4.57. The highest BCUT2D eigenvalue weighted by molar-refractivity contribution is 5.16. The fraction of sp³-hybridized carbons (Fsp3) is 0.600. The lowest BCUT2D eigenvalue weighted by Crippen LogP contribution is -2.40. The van der Waals surface area contributed by atoms with Gasteiger partial charge in [0.1, 0.15) is 0 Å². The van der Waals surface area contributed by atoms with Crippen molar-refractivity contribution in [1.82, 2.24) is 5.32 Å². The molecule has 94 valence electrons. The first-order valence-electron chi connectivity index (χ1n) is 6.68. The van der Waals surface area contributed by atoms with E-state index < -0.39 is 0 Å². The Labute approximate surface area is 104 Å². The molecule has 0 spiro atoms. The Morgan fingerprint density at radius 3 is 2.65 bits per heavy atom. The highest BCUT2D eigenvalue weighted by Gasteiger charge is 2.23. The first kappa shape index (κ1) is 12.6. The smallest absolute Gasteiger partial charge is 0.0587 e. The molecule has 0 heterocycles. The van der Waals surface area contributed by atoms with Crippen LogP contribution in [0.4, 0.5) is 0 Å². The third-order valence-corrected chi connectivity index (χ3v) is 3.71. The lowest BCUT2D eigenvalue weighted by Gasteiger charge is -2.21. The zero-order valence-corrected chi connectivity index (χ0v) is 10.6. The molecule has 1 aliphatic rings. The maximum atomic E-state index is 9.45. The molecule has 0 radical (unpaired) electrons. The molecule has 2 nitrogen and oxygen atoms in total. The van der Waals surface area contributed by atoms with Crippen LogP contribution in [-0.4, -0.2) is 23.8 Å². The second-order valence-corrected chi connectivity index (χ2v) is 5.35. The van der Waals surface area contributed by atoms with Crippen molar-refractivity contribution in [3.05, 3.63) is 35.9 Å². The molecular formula is C15H23NO. The number of rotatable bonds is 5. The van der Waals surface area contributed by atoms with Gasteiger partial charge in [-0.15, -0.1) is 0 Å². The molecule has 1 saturated carbocycles. The second kappa shape index (κ2) is 6.18. The lowest BCUT2D eigenvalue weighted by atomic mass is 10.0. The predicted molar refractivity (Wildman–Crippen MR) is 71.0 cm³/mol. The predicted octanol–water partition coefficient (Wildman–Crippen LogP) is 2.37. The van der Waals surface area contributed by atoms with Crippen molar-refractivity contribution in [3.63, 3.8) is 0 Å². The summed E-state index contributed by atoms with van der Waals surface area (Å²) in [6.45, 7) is 2.53. The molecule has 0 saturated heterocycles. The zero-order valence-electron chi connectivity index (χ0n) is 10.6. The topological polar surface area (TPSA) is 32.3 Å². The summed E-state index contributed by atoms with van der Waals surface area (Å²) in [6.07, 6.45) is 4.75. The van der Waals surface area contributed by atoms with Crippen LogP contribution in [0.25, 0.3) is 0 Å². The van der Waals surface area contributed by atoms with Crippen molar-refractivity contribution in [1.29, 1.82) is 0 Å². The second-order valence-electron chi connectivity index (χ2n) is 5.35. The Morgan fingerprint density at radius 2 is 2.06 bits per heavy atom. The van der Waals surface area contributed by atoms with Crippen molar-refractivity contribution in [2.75, 3.05) is 6.61 Å². The van der Waals surface area contributed by atoms with Crippen LogP contribution in [0, 0.1) is 5.92 Å². The van der Waals surface area contributed by atoms with E-state index in [1.165, 1.54) is 24.8 Å². The summed E-state index contributed by atoms with van der Waals surface area (Å²) in [6, 6.07) is 11.2. The number of nitrogens with one attached hydrogen (secondary N) is 1. The highest BCUT2D eigenvalue weighted by atomic mass is 16.3. The van der Waals surface area contributed by atoms with E-state index in [0.717, 1.165) is 12.3 Å². The van der Waals surface area contributed by atoms with Crippen molar-refractivity contribution < 1.29 is 5.11 Å². The van der Waals surface area contributed by atoms with Gasteiger partial charge in [-0.1, -0.05) is 37.3 Å². The minimum atomic E-state index is 0.202. The van der Waals surface area contributed by atoms with E-state index in [0.29, 0.717) is 6.04 Å². The fourth-order valence-electron chi connectivity index (χ4n) is 2.77. The van der Waals surface area contributed by atoms with E-state index in [2.05, 4.69) is 36.5 Å². The van der Waals surface area contributed by atoms with Gasteiger partial charge in [0.25, 0.3) is 0 Å². The Hall–Kier alpha value is -0.860. The molecule has 2 unspecified atom stereocenters. The standard InChI is InChI=1S/C15H23NO/c1-12-7-8-14(9-12)16-15(11-17)10-13-5-3-2-4-6-13/h2-6,12,14-17H,7-11H2,1H3/t12?,14?,15-/m0/s1. The van der Waals surface area contributed by atoms with Crippen molar-refractivity contribution in [3.8, 4) is 0 Å². The molecule has 0 aromatic heterocycles. The number of aliphatic hydroxyl groups excluding tert-OH is 1. The maximum absolute atomic E-state index is 9.45. The van der Waals surface area contributed by atoms with E-state index in [9.17, 15) is 5.11 Å². The summed E-state index contributed by atoms with van der Waals surface area (Å²) in [5.41, 5.74) is 1.30. The van der Waals surface area contributed by atoms with E-state index in [1.54, 1.807) is 0 Å². The summed E-state index contributed by atoms with van der Waals surface area (Å²) in [7, 11) is 0. The van der Waals surface area contributed by atoms with Gasteiger partial charge >= 0.3 is 0 Å². The molecule has 2 N–H and O–H groups in total. The van der Waals surface area contributed by atoms with Crippen LogP contribution in [0.15, 0.2) is 30.3 Å². The molecule has 0 bridgehead atoms.